The van der Waals surface area contributed by atoms with Crippen LogP contribution in [0.15, 0.2) is 61.3 Å². The second-order valence-electron chi connectivity index (χ2n) is 6.04. The Morgan fingerprint density at radius 1 is 1.12 bits per heavy atom. The van der Waals surface area contributed by atoms with Gasteiger partial charge in [0.2, 0.25) is 0 Å². The Labute approximate surface area is 153 Å². The van der Waals surface area contributed by atoms with Crippen molar-refractivity contribution in [1.82, 2.24) is 15.2 Å². The van der Waals surface area contributed by atoms with Crippen molar-refractivity contribution >= 4 is 17.5 Å². The molecule has 0 spiro atoms. The maximum Gasteiger partial charge on any atom is 0.270 e. The maximum atomic E-state index is 12.8. The first kappa shape index (κ1) is 17.7. The van der Waals surface area contributed by atoms with E-state index in [4.69, 9.17) is 0 Å². The van der Waals surface area contributed by atoms with Crippen LogP contribution in [0.25, 0.3) is 0 Å². The lowest BCUT2D eigenvalue weighted by atomic mass is 10.1. The molecule has 6 nitrogen and oxygen atoms in total. The van der Waals surface area contributed by atoms with E-state index in [1.165, 1.54) is 11.9 Å². The molecule has 1 saturated heterocycles. The molecule has 0 atom stereocenters. The van der Waals surface area contributed by atoms with Crippen molar-refractivity contribution in [2.45, 2.75) is 0 Å². The molecule has 6 heteroatoms. The summed E-state index contributed by atoms with van der Waals surface area (Å²) in [6.07, 6.45) is 3.09. The minimum Gasteiger partial charge on any atom is -0.368 e. The van der Waals surface area contributed by atoms with Crippen LogP contribution in [0.5, 0.6) is 0 Å². The summed E-state index contributed by atoms with van der Waals surface area (Å²) in [4.78, 5) is 32.9. The predicted octanol–water partition coefficient (Wildman–Crippen LogP) is 1.96. The third-order valence-corrected chi connectivity index (χ3v) is 4.33. The molecule has 1 aliphatic rings. The van der Waals surface area contributed by atoms with E-state index in [-0.39, 0.29) is 17.5 Å². The molecule has 0 radical (unpaired) electrons. The van der Waals surface area contributed by atoms with E-state index in [1.54, 1.807) is 18.2 Å². The fraction of sp³-hybridized carbons (Fsp3) is 0.250. The number of amides is 2. The zero-order valence-electron chi connectivity index (χ0n) is 14.6. The van der Waals surface area contributed by atoms with Gasteiger partial charge in [0, 0.05) is 50.2 Å². The quantitative estimate of drug-likeness (QED) is 0.837. The van der Waals surface area contributed by atoms with Crippen LogP contribution >= 0.6 is 0 Å². The van der Waals surface area contributed by atoms with Gasteiger partial charge in [-0.05, 0) is 24.3 Å². The molecule has 1 N–H and O–H groups in total. The zero-order chi connectivity index (χ0) is 18.4. The van der Waals surface area contributed by atoms with Crippen LogP contribution in [0.4, 0.5) is 5.69 Å². The second kappa shape index (κ2) is 8.29. The number of pyridine rings is 1. The fourth-order valence-electron chi connectivity index (χ4n) is 2.93. The first-order valence-corrected chi connectivity index (χ1v) is 8.63. The number of hydrogen-bond acceptors (Lipinski definition) is 4. The number of rotatable bonds is 5. The third-order valence-electron chi connectivity index (χ3n) is 4.33. The minimum atomic E-state index is -0.312. The molecule has 1 fully saturated rings. The van der Waals surface area contributed by atoms with Crippen molar-refractivity contribution in [3.8, 4) is 0 Å². The van der Waals surface area contributed by atoms with Crippen molar-refractivity contribution in [2.24, 2.45) is 0 Å². The van der Waals surface area contributed by atoms with Gasteiger partial charge in [-0.3, -0.25) is 14.6 Å². The molecule has 0 unspecified atom stereocenters. The van der Waals surface area contributed by atoms with E-state index in [2.05, 4.69) is 33.9 Å². The largest absolute Gasteiger partial charge is 0.368 e. The highest BCUT2D eigenvalue weighted by Gasteiger charge is 2.23. The maximum absolute atomic E-state index is 12.8. The van der Waals surface area contributed by atoms with Gasteiger partial charge in [0.15, 0.2) is 0 Å². The Morgan fingerprint density at radius 3 is 2.54 bits per heavy atom. The van der Waals surface area contributed by atoms with Crippen LogP contribution < -0.4 is 10.2 Å². The van der Waals surface area contributed by atoms with E-state index < -0.39 is 0 Å². The van der Waals surface area contributed by atoms with Crippen molar-refractivity contribution < 1.29 is 9.59 Å². The van der Waals surface area contributed by atoms with Crippen molar-refractivity contribution in [3.05, 3.63) is 72.6 Å². The molecule has 1 aromatic heterocycles. The summed E-state index contributed by atoms with van der Waals surface area (Å²) in [5, 5.41) is 2.67. The number of carbonyl (C=O) groups is 2. The third kappa shape index (κ3) is 4.08. The van der Waals surface area contributed by atoms with Gasteiger partial charge in [-0.1, -0.05) is 24.3 Å². The molecule has 2 amide bonds. The summed E-state index contributed by atoms with van der Waals surface area (Å²) in [7, 11) is 0. The van der Waals surface area contributed by atoms with Gasteiger partial charge in [-0.2, -0.15) is 0 Å². The number of nitrogens with one attached hydrogen (secondary N) is 1. The lowest BCUT2D eigenvalue weighted by molar-refractivity contribution is 0.0746. The van der Waals surface area contributed by atoms with E-state index in [0.29, 0.717) is 25.2 Å². The van der Waals surface area contributed by atoms with E-state index in [0.717, 1.165) is 13.1 Å². The van der Waals surface area contributed by atoms with E-state index >= 15 is 0 Å². The monoisotopic (exact) mass is 350 g/mol. The Kier molecular flexibility index (Phi) is 5.63. The van der Waals surface area contributed by atoms with Gasteiger partial charge >= 0.3 is 0 Å². The first-order chi connectivity index (χ1) is 12.7. The zero-order valence-corrected chi connectivity index (χ0v) is 14.6. The van der Waals surface area contributed by atoms with Crippen LogP contribution in [-0.4, -0.2) is 54.4 Å². The van der Waals surface area contributed by atoms with Gasteiger partial charge in [-0.25, -0.2) is 0 Å². The lowest BCUT2D eigenvalue weighted by Gasteiger charge is -2.36. The number of aromatic nitrogens is 1. The van der Waals surface area contributed by atoms with Crippen LogP contribution in [0, 0.1) is 0 Å². The minimum absolute atomic E-state index is 0.0714. The number of anilines is 1. The normalized spacial score (nSPS) is 14.0. The van der Waals surface area contributed by atoms with Crippen molar-refractivity contribution in [3.63, 3.8) is 0 Å². The summed E-state index contributed by atoms with van der Waals surface area (Å²) >= 11 is 0. The molecule has 134 valence electrons. The summed E-state index contributed by atoms with van der Waals surface area (Å²) in [5.74, 6) is -0.383. The molecule has 26 heavy (non-hydrogen) atoms. The van der Waals surface area contributed by atoms with Crippen LogP contribution in [0.1, 0.15) is 20.8 Å². The van der Waals surface area contributed by atoms with Gasteiger partial charge in [-0.15, -0.1) is 6.58 Å². The number of para-hydroxylation sites is 1. The number of nitrogens with zero attached hydrogens (tertiary/aromatic N) is 3. The smallest absolute Gasteiger partial charge is 0.270 e. The molecule has 0 aliphatic carbocycles. The van der Waals surface area contributed by atoms with Gasteiger partial charge in [0.25, 0.3) is 11.8 Å². The standard InChI is InChI=1S/C20H22N4O2/c1-2-9-22-19(25)18-15-16(8-10-21-18)20(26)24-13-11-23(12-14-24)17-6-4-3-5-7-17/h2-8,10,15H,1,9,11-14H2,(H,22,25). The molecule has 1 aromatic carbocycles. The summed E-state index contributed by atoms with van der Waals surface area (Å²) in [6.45, 7) is 6.79. The van der Waals surface area contributed by atoms with Crippen molar-refractivity contribution in [1.29, 1.82) is 0 Å². The molecular formula is C20H22N4O2. The molecule has 0 saturated carbocycles. The first-order valence-electron chi connectivity index (χ1n) is 8.63. The van der Waals surface area contributed by atoms with E-state index in [1.807, 2.05) is 23.1 Å². The van der Waals surface area contributed by atoms with Crippen LogP contribution in [-0.2, 0) is 0 Å². The van der Waals surface area contributed by atoms with Gasteiger partial charge < -0.3 is 15.1 Å². The molecule has 3 rings (SSSR count). The van der Waals surface area contributed by atoms with Gasteiger partial charge in [0.05, 0.1) is 0 Å². The topological polar surface area (TPSA) is 65.5 Å². The summed E-state index contributed by atoms with van der Waals surface area (Å²) in [6, 6.07) is 13.4. The number of piperazine rings is 1. The number of benzene rings is 1. The second-order valence-corrected chi connectivity index (χ2v) is 6.04. The highest BCUT2D eigenvalue weighted by Crippen LogP contribution is 2.17. The number of carbonyl (C=O) groups excluding carboxylic acids is 2. The molecule has 1 aliphatic heterocycles. The summed E-state index contributed by atoms with van der Waals surface area (Å²) < 4.78 is 0. The molecule has 0 bridgehead atoms. The fourth-order valence-corrected chi connectivity index (χ4v) is 2.93. The predicted molar refractivity (Wildman–Crippen MR) is 101 cm³/mol. The highest BCUT2D eigenvalue weighted by molar-refractivity contribution is 5.98. The average molecular weight is 350 g/mol. The molecule has 2 aromatic rings. The number of hydrogen-bond donors (Lipinski definition) is 1. The lowest BCUT2D eigenvalue weighted by Crippen LogP contribution is -2.48. The van der Waals surface area contributed by atoms with Crippen LogP contribution in [0.2, 0.25) is 0 Å². The summed E-state index contributed by atoms with van der Waals surface area (Å²) in [5.41, 5.74) is 1.89. The SMILES string of the molecule is C=CCNC(=O)c1cc(C(=O)N2CCN(c3ccccc3)CC2)ccn1. The van der Waals surface area contributed by atoms with E-state index in [9.17, 15) is 9.59 Å². The molecular weight excluding hydrogens is 328 g/mol. The Morgan fingerprint density at radius 2 is 1.85 bits per heavy atom. The Balaban J connectivity index is 1.63. The van der Waals surface area contributed by atoms with Gasteiger partial charge in [0.1, 0.15) is 5.69 Å². The Bertz CT molecular complexity index is 783. The van der Waals surface area contributed by atoms with Crippen LogP contribution in [0.3, 0.4) is 0 Å². The average Bonchev–Trinajstić information content (AvgIpc) is 2.72. The molecule has 2 heterocycles. The Hall–Kier alpha value is -3.15. The highest BCUT2D eigenvalue weighted by atomic mass is 16.2. The van der Waals surface area contributed by atoms with Crippen molar-refractivity contribution in [2.75, 3.05) is 37.6 Å².